The maximum Gasteiger partial charge on any atom is 0.282 e. The molecule has 3 nitrogen and oxygen atoms in total. The minimum absolute atomic E-state index is 0.0744. The van der Waals surface area contributed by atoms with Gasteiger partial charge in [-0.3, -0.25) is 9.58 Å². The fourth-order valence-corrected chi connectivity index (χ4v) is 4.07. The zero-order chi connectivity index (χ0) is 16.2. The number of hydrogen-bond donors (Lipinski definition) is 0. The van der Waals surface area contributed by atoms with Crippen LogP contribution in [0, 0.1) is 5.92 Å². The average Bonchev–Trinajstić information content (AvgIpc) is 3.13. The Labute approximate surface area is 139 Å². The first-order valence-electron chi connectivity index (χ1n) is 7.82. The predicted molar refractivity (Wildman–Crippen MR) is 88.7 cm³/mol. The van der Waals surface area contributed by atoms with Crippen LogP contribution in [-0.4, -0.2) is 33.5 Å². The molecule has 0 N–H and O–H groups in total. The molecular weight excluding hydrogens is 316 g/mol. The van der Waals surface area contributed by atoms with Crippen LogP contribution in [-0.2, 0) is 13.6 Å². The van der Waals surface area contributed by atoms with Crippen LogP contribution in [0.15, 0.2) is 41.4 Å². The lowest BCUT2D eigenvalue weighted by atomic mass is 10.2. The molecule has 1 aliphatic heterocycles. The zero-order valence-electron chi connectivity index (χ0n) is 13.2. The van der Waals surface area contributed by atoms with E-state index in [4.69, 9.17) is 0 Å². The summed E-state index contributed by atoms with van der Waals surface area (Å²) in [7, 11) is 1.69. The third-order valence-corrected chi connectivity index (χ3v) is 5.38. The molecule has 0 spiro atoms. The SMILES string of the molecule is Cn1cc(CN2CC[C@H](CSc3ccccc3)C2)c(C(F)F)n1. The number of aryl methyl sites for hydroxylation is 1. The van der Waals surface area contributed by atoms with Gasteiger partial charge in [-0.05, 0) is 31.0 Å². The fourth-order valence-electron chi connectivity index (χ4n) is 3.02. The number of alkyl halides is 2. The predicted octanol–water partition coefficient (Wildman–Crippen LogP) is 3.97. The van der Waals surface area contributed by atoms with E-state index >= 15 is 0 Å². The lowest BCUT2D eigenvalue weighted by Crippen LogP contribution is -2.21. The minimum atomic E-state index is -2.50. The van der Waals surface area contributed by atoms with Crippen molar-refractivity contribution in [3.8, 4) is 0 Å². The number of benzene rings is 1. The summed E-state index contributed by atoms with van der Waals surface area (Å²) < 4.78 is 27.5. The van der Waals surface area contributed by atoms with E-state index in [9.17, 15) is 8.78 Å². The van der Waals surface area contributed by atoms with Crippen LogP contribution < -0.4 is 0 Å². The van der Waals surface area contributed by atoms with E-state index < -0.39 is 6.43 Å². The topological polar surface area (TPSA) is 21.1 Å². The molecule has 124 valence electrons. The van der Waals surface area contributed by atoms with Gasteiger partial charge >= 0.3 is 0 Å². The van der Waals surface area contributed by atoms with Crippen LogP contribution in [0.3, 0.4) is 0 Å². The highest BCUT2D eigenvalue weighted by molar-refractivity contribution is 7.99. The first kappa shape index (κ1) is 16.5. The van der Waals surface area contributed by atoms with Gasteiger partial charge < -0.3 is 0 Å². The molecule has 0 unspecified atom stereocenters. The van der Waals surface area contributed by atoms with Crippen molar-refractivity contribution in [2.24, 2.45) is 13.0 Å². The molecule has 1 fully saturated rings. The molecule has 1 aromatic heterocycles. The molecule has 6 heteroatoms. The summed E-state index contributed by atoms with van der Waals surface area (Å²) in [4.78, 5) is 3.55. The molecule has 23 heavy (non-hydrogen) atoms. The number of aromatic nitrogens is 2. The molecule has 1 aliphatic rings. The molecule has 1 saturated heterocycles. The fraction of sp³-hybridized carbons (Fsp3) is 0.471. The van der Waals surface area contributed by atoms with Gasteiger partial charge in [-0.25, -0.2) is 8.78 Å². The smallest absolute Gasteiger partial charge is 0.282 e. The van der Waals surface area contributed by atoms with Gasteiger partial charge in [-0.15, -0.1) is 11.8 Å². The van der Waals surface area contributed by atoms with E-state index in [1.165, 1.54) is 9.58 Å². The second-order valence-corrected chi connectivity index (χ2v) is 7.12. The Hall–Kier alpha value is -1.40. The van der Waals surface area contributed by atoms with Gasteiger partial charge in [0.25, 0.3) is 6.43 Å². The average molecular weight is 337 g/mol. The van der Waals surface area contributed by atoms with Gasteiger partial charge in [-0.1, -0.05) is 18.2 Å². The summed E-state index contributed by atoms with van der Waals surface area (Å²) in [5, 5.41) is 3.88. The molecule has 0 bridgehead atoms. The van der Waals surface area contributed by atoms with E-state index in [2.05, 4.69) is 34.3 Å². The van der Waals surface area contributed by atoms with Crippen LogP contribution in [0.25, 0.3) is 0 Å². The summed E-state index contributed by atoms with van der Waals surface area (Å²) in [6, 6.07) is 10.4. The largest absolute Gasteiger partial charge is 0.299 e. The van der Waals surface area contributed by atoms with Gasteiger partial charge in [0.15, 0.2) is 0 Å². The van der Waals surface area contributed by atoms with E-state index in [0.717, 1.165) is 25.3 Å². The van der Waals surface area contributed by atoms with Crippen molar-refractivity contribution in [1.82, 2.24) is 14.7 Å². The molecule has 0 radical (unpaired) electrons. The minimum Gasteiger partial charge on any atom is -0.299 e. The molecule has 2 heterocycles. The maximum absolute atomic E-state index is 13.0. The van der Waals surface area contributed by atoms with Crippen LogP contribution in [0.1, 0.15) is 24.1 Å². The highest BCUT2D eigenvalue weighted by atomic mass is 32.2. The maximum atomic E-state index is 13.0. The zero-order valence-corrected chi connectivity index (χ0v) is 14.0. The Morgan fingerprint density at radius 3 is 2.83 bits per heavy atom. The van der Waals surface area contributed by atoms with Crippen molar-refractivity contribution < 1.29 is 8.78 Å². The highest BCUT2D eigenvalue weighted by Crippen LogP contribution is 2.28. The molecule has 2 aromatic rings. The normalized spacial score (nSPS) is 18.9. The summed E-state index contributed by atoms with van der Waals surface area (Å²) in [6.07, 6.45) is 0.343. The van der Waals surface area contributed by atoms with Crippen LogP contribution in [0.4, 0.5) is 8.78 Å². The number of nitrogens with zero attached hydrogens (tertiary/aromatic N) is 3. The summed E-state index contributed by atoms with van der Waals surface area (Å²) in [5.74, 6) is 1.70. The Morgan fingerprint density at radius 1 is 1.30 bits per heavy atom. The van der Waals surface area contributed by atoms with Gasteiger partial charge in [-0.2, -0.15) is 5.10 Å². The third-order valence-electron chi connectivity index (χ3n) is 4.14. The standard InChI is InChI=1S/C17H21F2N3S/c1-21-10-14(16(20-21)17(18)19)11-22-8-7-13(9-22)12-23-15-5-3-2-4-6-15/h2-6,10,13,17H,7-9,11-12H2,1H3/t13-/m0/s1. The summed E-state index contributed by atoms with van der Waals surface area (Å²) in [5.41, 5.74) is 0.577. The molecule has 1 atom stereocenters. The van der Waals surface area contributed by atoms with Gasteiger partial charge in [0.2, 0.25) is 0 Å². The lowest BCUT2D eigenvalue weighted by molar-refractivity contribution is 0.142. The van der Waals surface area contributed by atoms with Crippen LogP contribution in [0.5, 0.6) is 0 Å². The number of likely N-dealkylation sites (tertiary alicyclic amines) is 1. The third kappa shape index (κ3) is 4.32. The van der Waals surface area contributed by atoms with Crippen molar-refractivity contribution in [2.45, 2.75) is 24.3 Å². The Bertz CT molecular complexity index is 630. The van der Waals surface area contributed by atoms with Gasteiger partial charge in [0, 0.05) is 42.5 Å². The van der Waals surface area contributed by atoms with Gasteiger partial charge in [0.1, 0.15) is 5.69 Å². The van der Waals surface area contributed by atoms with E-state index in [0.29, 0.717) is 18.0 Å². The van der Waals surface area contributed by atoms with Crippen molar-refractivity contribution in [3.05, 3.63) is 47.8 Å². The summed E-state index contributed by atoms with van der Waals surface area (Å²) in [6.45, 7) is 2.51. The van der Waals surface area contributed by atoms with Crippen molar-refractivity contribution in [2.75, 3.05) is 18.8 Å². The summed E-state index contributed by atoms with van der Waals surface area (Å²) >= 11 is 1.88. The van der Waals surface area contributed by atoms with Crippen LogP contribution >= 0.6 is 11.8 Å². The van der Waals surface area contributed by atoms with Crippen molar-refractivity contribution in [3.63, 3.8) is 0 Å². The highest BCUT2D eigenvalue weighted by Gasteiger charge is 2.25. The first-order chi connectivity index (χ1) is 11.1. The first-order valence-corrected chi connectivity index (χ1v) is 8.81. The second-order valence-electron chi connectivity index (χ2n) is 6.03. The molecule has 0 amide bonds. The molecule has 3 rings (SSSR count). The van der Waals surface area contributed by atoms with Gasteiger partial charge in [0.05, 0.1) is 0 Å². The molecule has 0 saturated carbocycles. The Kier molecular flexibility index (Phi) is 5.33. The Balaban J connectivity index is 1.52. The number of rotatable bonds is 6. The second kappa shape index (κ2) is 7.45. The molecule has 1 aromatic carbocycles. The van der Waals surface area contributed by atoms with E-state index in [-0.39, 0.29) is 5.69 Å². The monoisotopic (exact) mass is 337 g/mol. The van der Waals surface area contributed by atoms with Crippen LogP contribution in [0.2, 0.25) is 0 Å². The van der Waals surface area contributed by atoms with E-state index in [1.54, 1.807) is 13.2 Å². The molecular formula is C17H21F2N3S. The van der Waals surface area contributed by atoms with Crippen molar-refractivity contribution in [1.29, 1.82) is 0 Å². The number of thioether (sulfide) groups is 1. The Morgan fingerprint density at radius 2 is 2.09 bits per heavy atom. The number of halogens is 2. The lowest BCUT2D eigenvalue weighted by Gasteiger charge is -2.15. The van der Waals surface area contributed by atoms with E-state index in [1.807, 2.05) is 17.8 Å². The number of hydrogen-bond acceptors (Lipinski definition) is 3. The molecule has 0 aliphatic carbocycles. The van der Waals surface area contributed by atoms with Crippen molar-refractivity contribution >= 4 is 11.8 Å². The quantitative estimate of drug-likeness (QED) is 0.744.